The van der Waals surface area contributed by atoms with Gasteiger partial charge >= 0.3 is 6.36 Å². The predicted molar refractivity (Wildman–Crippen MR) is 105 cm³/mol. The van der Waals surface area contributed by atoms with Crippen molar-refractivity contribution in [2.45, 2.75) is 44.5 Å². The minimum absolute atomic E-state index is 0.178. The molecule has 0 aliphatic rings. The predicted octanol–water partition coefficient (Wildman–Crippen LogP) is 5.76. The van der Waals surface area contributed by atoms with Crippen molar-refractivity contribution < 1.29 is 22.7 Å². The number of thioether (sulfide) groups is 1. The highest BCUT2D eigenvalue weighted by Crippen LogP contribution is 2.36. The van der Waals surface area contributed by atoms with Gasteiger partial charge in [-0.15, -0.1) is 24.9 Å². The van der Waals surface area contributed by atoms with E-state index in [4.69, 9.17) is 0 Å². The topological polar surface area (TPSA) is 38.3 Å². The molecule has 0 fully saturated rings. The van der Waals surface area contributed by atoms with Crippen LogP contribution in [0.2, 0.25) is 0 Å². The molecule has 2 aromatic carbocycles. The molecule has 0 aromatic heterocycles. The van der Waals surface area contributed by atoms with E-state index in [1.807, 2.05) is 44.2 Å². The highest BCUT2D eigenvalue weighted by molar-refractivity contribution is 7.99. The van der Waals surface area contributed by atoms with Crippen LogP contribution >= 0.6 is 11.8 Å². The van der Waals surface area contributed by atoms with Gasteiger partial charge in [0.1, 0.15) is 5.75 Å². The highest BCUT2D eigenvalue weighted by Gasteiger charge is 2.34. The maximum absolute atomic E-state index is 12.9. The normalized spacial score (nSPS) is 12.5. The lowest BCUT2D eigenvalue weighted by atomic mass is 9.89. The molecule has 28 heavy (non-hydrogen) atoms. The van der Waals surface area contributed by atoms with Gasteiger partial charge in [0.05, 0.1) is 11.0 Å². The van der Waals surface area contributed by atoms with Crippen molar-refractivity contribution in [2.24, 2.45) is 5.41 Å². The molecule has 3 nitrogen and oxygen atoms in total. The first-order valence-electron chi connectivity index (χ1n) is 8.76. The Bertz CT molecular complexity index is 805. The first kappa shape index (κ1) is 22.1. The van der Waals surface area contributed by atoms with Gasteiger partial charge in [0.25, 0.3) is 0 Å². The first-order valence-corrected chi connectivity index (χ1v) is 9.75. The lowest BCUT2D eigenvalue weighted by Gasteiger charge is -2.32. The monoisotopic (exact) mass is 411 g/mol. The summed E-state index contributed by atoms with van der Waals surface area (Å²) in [6, 6.07) is 15.5. The van der Waals surface area contributed by atoms with E-state index in [0.717, 1.165) is 17.3 Å². The van der Waals surface area contributed by atoms with E-state index >= 15 is 0 Å². The maximum Gasteiger partial charge on any atom is 0.573 e. The summed E-state index contributed by atoms with van der Waals surface area (Å²) in [5, 5.41) is 3.04. The molecule has 1 N–H and O–H groups in total. The number of rotatable bonds is 7. The zero-order valence-corrected chi connectivity index (χ0v) is 17.1. The standard InChI is InChI=1S/C21H24F3NO2S/c1-19(2,18(26)25-20(3,4)15-10-6-5-7-11-15)14-28-17-13-9-8-12-16(17)27-21(22,23)24/h5-13H,14H2,1-4H3,(H,25,26). The Labute approximate surface area is 167 Å². The Morgan fingerprint density at radius 1 is 0.964 bits per heavy atom. The third-order valence-electron chi connectivity index (χ3n) is 4.20. The summed E-state index contributed by atoms with van der Waals surface area (Å²) in [4.78, 5) is 13.2. The van der Waals surface area contributed by atoms with E-state index in [2.05, 4.69) is 10.1 Å². The number of ether oxygens (including phenoxy) is 1. The number of benzene rings is 2. The largest absolute Gasteiger partial charge is 0.573 e. The molecule has 7 heteroatoms. The summed E-state index contributed by atoms with van der Waals surface area (Å²) in [5.41, 5.74) is -0.407. The van der Waals surface area contributed by atoms with Crippen LogP contribution in [0.5, 0.6) is 5.75 Å². The smallest absolute Gasteiger partial charge is 0.405 e. The summed E-state index contributed by atoms with van der Waals surface area (Å²) >= 11 is 1.16. The molecule has 0 unspecified atom stereocenters. The molecule has 2 rings (SSSR count). The maximum atomic E-state index is 12.9. The van der Waals surface area contributed by atoms with E-state index in [-0.39, 0.29) is 11.7 Å². The molecule has 0 bridgehead atoms. The van der Waals surface area contributed by atoms with Crippen molar-refractivity contribution in [3.8, 4) is 5.75 Å². The van der Waals surface area contributed by atoms with Gasteiger partial charge in [-0.2, -0.15) is 0 Å². The number of halogens is 3. The number of carbonyl (C=O) groups excluding carboxylic acids is 1. The fourth-order valence-electron chi connectivity index (χ4n) is 2.48. The molecule has 0 aliphatic carbocycles. The zero-order valence-electron chi connectivity index (χ0n) is 16.3. The van der Waals surface area contributed by atoms with Gasteiger partial charge in [0.2, 0.25) is 5.91 Å². The minimum Gasteiger partial charge on any atom is -0.405 e. The van der Waals surface area contributed by atoms with Crippen LogP contribution in [0.1, 0.15) is 33.3 Å². The van der Waals surface area contributed by atoms with Crippen LogP contribution in [-0.2, 0) is 10.3 Å². The number of hydrogen-bond acceptors (Lipinski definition) is 3. The van der Waals surface area contributed by atoms with Crippen LogP contribution < -0.4 is 10.1 Å². The summed E-state index contributed by atoms with van der Waals surface area (Å²) < 4.78 is 41.8. The van der Waals surface area contributed by atoms with Gasteiger partial charge in [-0.25, -0.2) is 0 Å². The summed E-state index contributed by atoms with van der Waals surface area (Å²) in [6.07, 6.45) is -4.76. The lowest BCUT2D eigenvalue weighted by molar-refractivity contribution is -0.275. The van der Waals surface area contributed by atoms with Gasteiger partial charge in [0, 0.05) is 10.6 Å². The Morgan fingerprint density at radius 2 is 1.54 bits per heavy atom. The molecule has 0 aliphatic heterocycles. The van der Waals surface area contributed by atoms with Crippen molar-refractivity contribution in [1.29, 1.82) is 0 Å². The van der Waals surface area contributed by atoms with Crippen LogP contribution in [0.15, 0.2) is 59.5 Å². The van der Waals surface area contributed by atoms with Gasteiger partial charge in [0.15, 0.2) is 0 Å². The third kappa shape index (κ3) is 6.19. The molecule has 0 heterocycles. The van der Waals surface area contributed by atoms with Gasteiger partial charge < -0.3 is 10.1 Å². The molecular weight excluding hydrogens is 387 g/mol. The Morgan fingerprint density at radius 3 is 2.14 bits per heavy atom. The number of hydrogen-bond donors (Lipinski definition) is 1. The van der Waals surface area contributed by atoms with Crippen LogP contribution in [0.3, 0.4) is 0 Å². The van der Waals surface area contributed by atoms with E-state index < -0.39 is 17.3 Å². The third-order valence-corrected chi connectivity index (χ3v) is 5.71. The number of alkyl halides is 3. The quantitative estimate of drug-likeness (QED) is 0.589. The SMILES string of the molecule is CC(C)(CSc1ccccc1OC(F)(F)F)C(=O)NC(C)(C)c1ccccc1. The van der Waals surface area contributed by atoms with Crippen molar-refractivity contribution in [2.75, 3.05) is 5.75 Å². The molecular formula is C21H24F3NO2S. The molecule has 0 atom stereocenters. The number of carbonyl (C=O) groups is 1. The van der Waals surface area contributed by atoms with Crippen LogP contribution in [0.25, 0.3) is 0 Å². The summed E-state index contributed by atoms with van der Waals surface area (Å²) in [7, 11) is 0. The van der Waals surface area contributed by atoms with E-state index in [1.165, 1.54) is 12.1 Å². The average molecular weight is 411 g/mol. The van der Waals surface area contributed by atoms with Crippen LogP contribution in [0.4, 0.5) is 13.2 Å². The molecule has 0 saturated carbocycles. The second kappa shape index (κ2) is 8.47. The zero-order chi connectivity index (χ0) is 21.0. The van der Waals surface area contributed by atoms with Crippen molar-refractivity contribution in [1.82, 2.24) is 5.32 Å². The van der Waals surface area contributed by atoms with Crippen molar-refractivity contribution >= 4 is 17.7 Å². The van der Waals surface area contributed by atoms with E-state index in [0.29, 0.717) is 10.6 Å². The molecule has 0 spiro atoms. The van der Waals surface area contributed by atoms with Gasteiger partial charge in [-0.1, -0.05) is 56.3 Å². The number of nitrogens with one attached hydrogen (secondary N) is 1. The molecule has 2 aromatic rings. The second-order valence-corrected chi connectivity index (χ2v) is 8.63. The highest BCUT2D eigenvalue weighted by atomic mass is 32.2. The van der Waals surface area contributed by atoms with Crippen LogP contribution in [0, 0.1) is 5.41 Å². The Hall–Kier alpha value is -2.15. The Balaban J connectivity index is 2.07. The Kier molecular flexibility index (Phi) is 6.70. The van der Waals surface area contributed by atoms with Gasteiger partial charge in [-0.05, 0) is 31.5 Å². The number of amides is 1. The second-order valence-electron chi connectivity index (χ2n) is 7.61. The summed E-state index contributed by atoms with van der Waals surface area (Å²) in [5.74, 6) is -0.147. The first-order chi connectivity index (χ1) is 12.9. The van der Waals surface area contributed by atoms with Gasteiger partial charge in [-0.3, -0.25) is 4.79 Å². The fourth-order valence-corrected chi connectivity index (χ4v) is 3.56. The molecule has 0 saturated heterocycles. The molecule has 0 radical (unpaired) electrons. The van der Waals surface area contributed by atoms with Crippen molar-refractivity contribution in [3.05, 3.63) is 60.2 Å². The van der Waals surface area contributed by atoms with E-state index in [9.17, 15) is 18.0 Å². The lowest BCUT2D eigenvalue weighted by Crippen LogP contribution is -2.47. The minimum atomic E-state index is -4.76. The van der Waals surface area contributed by atoms with Crippen LogP contribution in [-0.4, -0.2) is 18.0 Å². The molecule has 1 amide bonds. The molecule has 152 valence electrons. The average Bonchev–Trinajstić information content (AvgIpc) is 2.60. The van der Waals surface area contributed by atoms with E-state index in [1.54, 1.807) is 26.0 Å². The fraction of sp³-hybridized carbons (Fsp3) is 0.381. The summed E-state index contributed by atoms with van der Waals surface area (Å²) in [6.45, 7) is 7.36. The van der Waals surface area contributed by atoms with Crippen molar-refractivity contribution in [3.63, 3.8) is 0 Å². The number of para-hydroxylation sites is 1.